The van der Waals surface area contributed by atoms with Crippen LogP contribution >= 0.6 is 15.9 Å². The van der Waals surface area contributed by atoms with Crippen LogP contribution in [0.5, 0.6) is 5.75 Å². The molecule has 0 heterocycles. The monoisotopic (exact) mass is 375 g/mol. The Balaban J connectivity index is 2.12. The summed E-state index contributed by atoms with van der Waals surface area (Å²) in [5, 5.41) is 2.95. The van der Waals surface area contributed by atoms with Crippen LogP contribution in [0.1, 0.15) is 35.3 Å². The summed E-state index contributed by atoms with van der Waals surface area (Å²) >= 11 is 3.47. The third-order valence-electron chi connectivity index (χ3n) is 3.40. The summed E-state index contributed by atoms with van der Waals surface area (Å²) in [6.45, 7) is 8.86. The van der Waals surface area contributed by atoms with Crippen molar-refractivity contribution in [3.8, 4) is 5.75 Å². The summed E-state index contributed by atoms with van der Waals surface area (Å²) in [5.41, 5.74) is 3.65. The van der Waals surface area contributed by atoms with Gasteiger partial charge < -0.3 is 10.1 Å². The van der Waals surface area contributed by atoms with Crippen LogP contribution in [0.3, 0.4) is 0 Å². The van der Waals surface area contributed by atoms with E-state index in [2.05, 4.69) is 35.1 Å². The van der Waals surface area contributed by atoms with Gasteiger partial charge >= 0.3 is 0 Å². The molecule has 0 fully saturated rings. The minimum absolute atomic E-state index is 0.131. The van der Waals surface area contributed by atoms with Crippen LogP contribution in [0.4, 0.5) is 5.69 Å². The number of hydrogen-bond acceptors (Lipinski definition) is 2. The standard InChI is InChI=1S/C19H22BrNO2/c1-12(2)11-23-18-8-6-15(10-16(18)20)19(22)21-17-7-5-13(3)9-14(17)4/h5-10,12H,11H2,1-4H3,(H,21,22). The zero-order chi connectivity index (χ0) is 17.0. The molecular formula is C19H22BrNO2. The molecule has 0 radical (unpaired) electrons. The van der Waals surface area contributed by atoms with E-state index in [0.29, 0.717) is 18.1 Å². The molecule has 4 heteroatoms. The first-order chi connectivity index (χ1) is 10.9. The van der Waals surface area contributed by atoms with Crippen LogP contribution in [-0.2, 0) is 0 Å². The minimum atomic E-state index is -0.131. The predicted molar refractivity (Wildman–Crippen MR) is 98.3 cm³/mol. The number of carbonyl (C=O) groups excluding carboxylic acids is 1. The van der Waals surface area contributed by atoms with Gasteiger partial charge in [-0.25, -0.2) is 0 Å². The Bertz CT molecular complexity index is 711. The number of ether oxygens (including phenoxy) is 1. The van der Waals surface area contributed by atoms with Gasteiger partial charge in [0.2, 0.25) is 0 Å². The van der Waals surface area contributed by atoms with Gasteiger partial charge in [-0.1, -0.05) is 31.5 Å². The van der Waals surface area contributed by atoms with Crippen molar-refractivity contribution < 1.29 is 9.53 Å². The van der Waals surface area contributed by atoms with Gasteiger partial charge in [0.25, 0.3) is 5.91 Å². The lowest BCUT2D eigenvalue weighted by atomic mass is 10.1. The van der Waals surface area contributed by atoms with Crippen molar-refractivity contribution in [1.82, 2.24) is 0 Å². The molecule has 2 aromatic rings. The van der Waals surface area contributed by atoms with E-state index in [1.54, 1.807) is 12.1 Å². The molecule has 2 rings (SSSR count). The fourth-order valence-electron chi connectivity index (χ4n) is 2.16. The number of nitrogens with one attached hydrogen (secondary N) is 1. The second-order valence-electron chi connectivity index (χ2n) is 6.12. The highest BCUT2D eigenvalue weighted by Crippen LogP contribution is 2.27. The van der Waals surface area contributed by atoms with E-state index in [-0.39, 0.29) is 5.91 Å². The van der Waals surface area contributed by atoms with Gasteiger partial charge in [-0.05, 0) is 65.5 Å². The van der Waals surface area contributed by atoms with Crippen molar-refractivity contribution in [3.63, 3.8) is 0 Å². The van der Waals surface area contributed by atoms with Gasteiger partial charge in [-0.15, -0.1) is 0 Å². The highest BCUT2D eigenvalue weighted by atomic mass is 79.9. The molecule has 0 saturated heterocycles. The van der Waals surface area contributed by atoms with E-state index in [9.17, 15) is 4.79 Å². The Morgan fingerprint density at radius 1 is 1.17 bits per heavy atom. The Morgan fingerprint density at radius 2 is 1.91 bits per heavy atom. The van der Waals surface area contributed by atoms with Crippen LogP contribution in [0.2, 0.25) is 0 Å². The number of carbonyl (C=O) groups is 1. The summed E-state index contributed by atoms with van der Waals surface area (Å²) in [5.74, 6) is 1.07. The molecule has 23 heavy (non-hydrogen) atoms. The first-order valence-corrected chi connectivity index (χ1v) is 8.47. The van der Waals surface area contributed by atoms with Gasteiger partial charge in [0.15, 0.2) is 0 Å². The van der Waals surface area contributed by atoms with Crippen LogP contribution < -0.4 is 10.1 Å². The van der Waals surface area contributed by atoms with E-state index in [1.807, 2.05) is 38.1 Å². The molecule has 1 amide bonds. The summed E-state index contributed by atoms with van der Waals surface area (Å²) in [6, 6.07) is 11.4. The van der Waals surface area contributed by atoms with Gasteiger partial charge in [-0.3, -0.25) is 4.79 Å². The molecule has 0 saturated carbocycles. The van der Waals surface area contributed by atoms with E-state index in [1.165, 1.54) is 5.56 Å². The number of aryl methyl sites for hydroxylation is 2. The van der Waals surface area contributed by atoms with E-state index in [0.717, 1.165) is 21.5 Å². The zero-order valence-corrected chi connectivity index (χ0v) is 15.5. The molecular weight excluding hydrogens is 354 g/mol. The zero-order valence-electron chi connectivity index (χ0n) is 13.9. The fraction of sp³-hybridized carbons (Fsp3) is 0.316. The van der Waals surface area contributed by atoms with Crippen LogP contribution in [0.25, 0.3) is 0 Å². The van der Waals surface area contributed by atoms with Crippen molar-refractivity contribution in [3.05, 3.63) is 57.6 Å². The molecule has 0 atom stereocenters. The largest absolute Gasteiger partial charge is 0.492 e. The molecule has 0 bridgehead atoms. The first kappa shape index (κ1) is 17.5. The number of amides is 1. The lowest BCUT2D eigenvalue weighted by Crippen LogP contribution is -2.13. The smallest absolute Gasteiger partial charge is 0.255 e. The van der Waals surface area contributed by atoms with Gasteiger partial charge in [0, 0.05) is 11.3 Å². The van der Waals surface area contributed by atoms with Crippen molar-refractivity contribution >= 4 is 27.5 Å². The number of halogens is 1. The molecule has 0 aromatic heterocycles. The second-order valence-corrected chi connectivity index (χ2v) is 6.98. The normalized spacial score (nSPS) is 10.7. The molecule has 122 valence electrons. The second kappa shape index (κ2) is 7.64. The Hall–Kier alpha value is -1.81. The molecule has 0 aliphatic heterocycles. The van der Waals surface area contributed by atoms with Crippen molar-refractivity contribution in [1.29, 1.82) is 0 Å². The van der Waals surface area contributed by atoms with E-state index < -0.39 is 0 Å². The maximum Gasteiger partial charge on any atom is 0.255 e. The fourth-order valence-corrected chi connectivity index (χ4v) is 2.66. The number of hydrogen-bond donors (Lipinski definition) is 1. The van der Waals surface area contributed by atoms with Crippen LogP contribution in [-0.4, -0.2) is 12.5 Å². The highest BCUT2D eigenvalue weighted by molar-refractivity contribution is 9.10. The molecule has 1 N–H and O–H groups in total. The molecule has 0 aliphatic rings. The predicted octanol–water partition coefficient (Wildman–Crippen LogP) is 5.35. The summed E-state index contributed by atoms with van der Waals surface area (Å²) in [6.07, 6.45) is 0. The molecule has 0 spiro atoms. The van der Waals surface area contributed by atoms with Crippen LogP contribution in [0.15, 0.2) is 40.9 Å². The maximum absolute atomic E-state index is 12.4. The highest BCUT2D eigenvalue weighted by Gasteiger charge is 2.11. The van der Waals surface area contributed by atoms with Gasteiger partial charge in [0.1, 0.15) is 5.75 Å². The van der Waals surface area contributed by atoms with Crippen LogP contribution in [0, 0.1) is 19.8 Å². The Kier molecular flexibility index (Phi) is 5.83. The quantitative estimate of drug-likeness (QED) is 0.764. The van der Waals surface area contributed by atoms with Crippen molar-refractivity contribution in [2.75, 3.05) is 11.9 Å². The lowest BCUT2D eigenvalue weighted by molar-refractivity contribution is 0.102. The third-order valence-corrected chi connectivity index (χ3v) is 4.02. The molecule has 0 unspecified atom stereocenters. The van der Waals surface area contributed by atoms with Gasteiger partial charge in [0.05, 0.1) is 11.1 Å². The number of rotatable bonds is 5. The molecule has 0 aliphatic carbocycles. The average Bonchev–Trinajstić information content (AvgIpc) is 2.48. The average molecular weight is 376 g/mol. The van der Waals surface area contributed by atoms with Crippen molar-refractivity contribution in [2.24, 2.45) is 5.92 Å². The molecule has 3 nitrogen and oxygen atoms in total. The Morgan fingerprint density at radius 3 is 2.52 bits per heavy atom. The summed E-state index contributed by atoms with van der Waals surface area (Å²) in [4.78, 5) is 12.4. The lowest BCUT2D eigenvalue weighted by Gasteiger charge is -2.12. The molecule has 2 aromatic carbocycles. The number of anilines is 1. The van der Waals surface area contributed by atoms with Gasteiger partial charge in [-0.2, -0.15) is 0 Å². The number of benzene rings is 2. The van der Waals surface area contributed by atoms with E-state index in [4.69, 9.17) is 4.74 Å². The summed E-state index contributed by atoms with van der Waals surface area (Å²) in [7, 11) is 0. The SMILES string of the molecule is Cc1ccc(NC(=O)c2ccc(OCC(C)C)c(Br)c2)c(C)c1. The van der Waals surface area contributed by atoms with E-state index >= 15 is 0 Å². The Labute approximate surface area is 146 Å². The third kappa shape index (κ3) is 4.83. The van der Waals surface area contributed by atoms with Crippen molar-refractivity contribution in [2.45, 2.75) is 27.7 Å². The maximum atomic E-state index is 12.4. The topological polar surface area (TPSA) is 38.3 Å². The minimum Gasteiger partial charge on any atom is -0.492 e. The summed E-state index contributed by atoms with van der Waals surface area (Å²) < 4.78 is 6.49. The first-order valence-electron chi connectivity index (χ1n) is 7.67.